The molecule has 28 heteroatoms. The third-order valence-electron chi connectivity index (χ3n) is 8.70. The van der Waals surface area contributed by atoms with Crippen molar-refractivity contribution in [2.45, 2.75) is 81.1 Å². The number of ether oxygens (including phenoxy) is 3. The molecule has 9 N–H and O–H groups in total. The SMILES string of the molecule is C=CCCC(=O)N[C@@H](CCC(=O)SC)C(=O)O[C@@H]1C(COP(=O)(O)O[C@H]2C[C@H](n3ccc(N)nc3=O)O[C@@H]2COP(=O)(O)O)OC(n2cnc3c(N)ncnc32)[C@@H]1O. The number of allylic oxidation sites excluding steroid dienone is 1. The van der Waals surface area contributed by atoms with Crippen molar-refractivity contribution in [3.63, 3.8) is 0 Å². The molecule has 1 amide bonds. The number of nitrogen functional groups attached to an aromatic ring is 2. The highest BCUT2D eigenvalue weighted by Crippen LogP contribution is 2.50. The molecular formula is C30H41N9O16P2S. The van der Waals surface area contributed by atoms with Crippen molar-refractivity contribution in [3.05, 3.63) is 48.1 Å². The molecule has 2 aliphatic heterocycles. The third-order valence-corrected chi connectivity index (χ3v) is 10.9. The molecule has 0 radical (unpaired) electrons. The monoisotopic (exact) mass is 877 g/mol. The van der Waals surface area contributed by atoms with Crippen LogP contribution >= 0.6 is 27.4 Å². The summed E-state index contributed by atoms with van der Waals surface area (Å²) >= 11 is 0.914. The second-order valence-corrected chi connectivity index (χ2v) is 16.2. The van der Waals surface area contributed by atoms with E-state index in [0.717, 1.165) is 22.7 Å². The fourth-order valence-electron chi connectivity index (χ4n) is 5.93. The lowest BCUT2D eigenvalue weighted by Gasteiger charge is -2.25. The lowest BCUT2D eigenvalue weighted by Crippen LogP contribution is -2.46. The Morgan fingerprint density at radius 2 is 1.84 bits per heavy atom. The van der Waals surface area contributed by atoms with E-state index in [1.807, 2.05) is 0 Å². The van der Waals surface area contributed by atoms with E-state index in [4.69, 9.17) is 34.7 Å². The van der Waals surface area contributed by atoms with Crippen LogP contribution in [0.1, 0.15) is 44.6 Å². The minimum Gasteiger partial charge on any atom is -0.455 e. The van der Waals surface area contributed by atoms with Crippen molar-refractivity contribution in [3.8, 4) is 0 Å². The molecule has 0 spiro atoms. The predicted octanol–water partition coefficient (Wildman–Crippen LogP) is -0.562. The van der Waals surface area contributed by atoms with Crippen LogP contribution in [0.3, 0.4) is 0 Å². The first-order valence-corrected chi connectivity index (χ1v) is 21.4. The average molecular weight is 878 g/mol. The van der Waals surface area contributed by atoms with Gasteiger partial charge < -0.3 is 50.8 Å². The van der Waals surface area contributed by atoms with Gasteiger partial charge in [-0.25, -0.2) is 33.7 Å². The quantitative estimate of drug-likeness (QED) is 0.0451. The lowest BCUT2D eigenvalue weighted by molar-refractivity contribution is -0.160. The summed E-state index contributed by atoms with van der Waals surface area (Å²) in [5.41, 5.74) is 10.8. The van der Waals surface area contributed by atoms with Gasteiger partial charge in [-0.1, -0.05) is 17.8 Å². The van der Waals surface area contributed by atoms with Gasteiger partial charge in [-0.05, 0) is 25.2 Å². The number of carbonyl (C=O) groups excluding carboxylic acids is 3. The number of rotatable bonds is 19. The zero-order valence-corrected chi connectivity index (χ0v) is 33.1. The van der Waals surface area contributed by atoms with Crippen LogP contribution in [0, 0.1) is 0 Å². The predicted molar refractivity (Wildman–Crippen MR) is 199 cm³/mol. The van der Waals surface area contributed by atoms with Crippen LogP contribution in [-0.2, 0) is 51.3 Å². The van der Waals surface area contributed by atoms with Crippen molar-refractivity contribution in [1.29, 1.82) is 0 Å². The molecule has 2 aliphatic rings. The van der Waals surface area contributed by atoms with Crippen LogP contribution < -0.4 is 22.5 Å². The van der Waals surface area contributed by atoms with Gasteiger partial charge in [-0.3, -0.25) is 32.3 Å². The molecule has 5 rings (SSSR count). The maximum Gasteiger partial charge on any atom is 0.472 e. The van der Waals surface area contributed by atoms with E-state index < -0.39 is 95.4 Å². The van der Waals surface area contributed by atoms with Crippen LogP contribution in [-0.4, -0.2) is 122 Å². The van der Waals surface area contributed by atoms with Crippen molar-refractivity contribution >= 4 is 67.2 Å². The normalized spacial score (nSPS) is 24.9. The van der Waals surface area contributed by atoms with Crippen molar-refractivity contribution in [2.75, 3.05) is 30.9 Å². The fraction of sp³-hybridized carbons (Fsp3) is 0.533. The molecule has 3 aromatic rings. The summed E-state index contributed by atoms with van der Waals surface area (Å²) in [7, 11) is -10.3. The Kier molecular flexibility index (Phi) is 14.9. The Morgan fingerprint density at radius 3 is 2.53 bits per heavy atom. The zero-order chi connectivity index (χ0) is 42.4. The molecule has 0 saturated carbocycles. The maximum absolute atomic E-state index is 13.7. The Balaban J connectivity index is 1.37. The molecule has 0 aliphatic carbocycles. The van der Waals surface area contributed by atoms with E-state index in [9.17, 15) is 48.1 Å². The average Bonchev–Trinajstić information content (AvgIpc) is 3.85. The molecule has 2 fully saturated rings. The maximum atomic E-state index is 13.7. The zero-order valence-electron chi connectivity index (χ0n) is 30.5. The van der Waals surface area contributed by atoms with Crippen LogP contribution in [0.15, 0.2) is 42.4 Å². The third kappa shape index (κ3) is 11.5. The van der Waals surface area contributed by atoms with Crippen molar-refractivity contribution in [2.24, 2.45) is 0 Å². The number of amides is 1. The number of phosphoric ester groups is 2. The molecule has 0 bridgehead atoms. The number of thioether (sulfide) groups is 1. The van der Waals surface area contributed by atoms with Gasteiger partial charge in [0.25, 0.3) is 0 Å². The minimum atomic E-state index is -5.23. The number of hydrogen-bond donors (Lipinski definition) is 7. The number of anilines is 2. The number of carbonyl (C=O) groups is 3. The van der Waals surface area contributed by atoms with E-state index in [1.54, 1.807) is 6.26 Å². The molecule has 58 heavy (non-hydrogen) atoms. The van der Waals surface area contributed by atoms with Crippen LogP contribution in [0.2, 0.25) is 0 Å². The Labute approximate surface area is 332 Å². The highest BCUT2D eigenvalue weighted by atomic mass is 32.2. The van der Waals surface area contributed by atoms with Gasteiger partial charge in [0.15, 0.2) is 28.9 Å². The standard InChI is InChI=1S/C30H41N9O16P2S/c1-3-4-5-20(40)36-15(6-7-22(41)58-2)29(43)54-25-18(53-28(24(25)42)39-14-35-23-26(32)33-13-34-27(23)39)12-51-57(48,49)55-16-10-21(38-9-8-19(31)37-30(38)44)52-17(16)11-50-56(45,46)47/h3,8-9,13-18,21,24-25,28,42H,1,4-7,10-12H2,2H3,(H,36,40)(H,48,49)(H2,31,37,44)(H2,32,33,34)(H2,45,46,47)/t15-,16-,17+,18?,21+,24+,25+,28?/m0/s1. The van der Waals surface area contributed by atoms with Gasteiger partial charge >= 0.3 is 27.3 Å². The summed E-state index contributed by atoms with van der Waals surface area (Å²) < 4.78 is 59.7. The first kappa shape index (κ1) is 44.9. The Bertz CT molecular complexity index is 2140. The van der Waals surface area contributed by atoms with Gasteiger partial charge in [0.1, 0.15) is 54.3 Å². The number of hydrogen-bond acceptors (Lipinski definition) is 20. The highest BCUT2D eigenvalue weighted by molar-refractivity contribution is 8.13. The summed E-state index contributed by atoms with van der Waals surface area (Å²) in [5, 5.41) is 13.8. The molecule has 25 nitrogen and oxygen atoms in total. The molecular weight excluding hydrogens is 836 g/mol. The topological polar surface area (TPSA) is 364 Å². The summed E-state index contributed by atoms with van der Waals surface area (Å²) in [6.07, 6.45) is -4.40. The Morgan fingerprint density at radius 1 is 1.10 bits per heavy atom. The number of fused-ring (bicyclic) bond motifs is 1. The summed E-state index contributed by atoms with van der Waals surface area (Å²) in [6, 6.07) is -0.106. The van der Waals surface area contributed by atoms with Crippen molar-refractivity contribution in [1.82, 2.24) is 34.4 Å². The number of esters is 1. The summed E-state index contributed by atoms with van der Waals surface area (Å²) in [5.74, 6) is -1.76. The van der Waals surface area contributed by atoms with Crippen molar-refractivity contribution < 1.29 is 71.1 Å². The lowest BCUT2D eigenvalue weighted by atomic mass is 10.1. The highest BCUT2D eigenvalue weighted by Gasteiger charge is 2.50. The summed E-state index contributed by atoms with van der Waals surface area (Å²) in [6.45, 7) is 1.79. The second kappa shape index (κ2) is 19.3. The van der Waals surface area contributed by atoms with E-state index >= 15 is 0 Å². The van der Waals surface area contributed by atoms with Gasteiger partial charge in [0.2, 0.25) is 5.91 Å². The molecule has 318 valence electrons. The first-order chi connectivity index (χ1) is 27.4. The molecule has 0 aromatic carbocycles. The number of aromatic nitrogens is 6. The van der Waals surface area contributed by atoms with E-state index in [-0.39, 0.29) is 60.0 Å². The first-order valence-electron chi connectivity index (χ1n) is 17.2. The number of aliphatic hydroxyl groups excluding tert-OH is 1. The second-order valence-electron chi connectivity index (χ2n) is 12.7. The fourth-order valence-corrected chi connectivity index (χ4v) is 7.55. The van der Waals surface area contributed by atoms with E-state index in [1.165, 1.54) is 29.2 Å². The number of aliphatic hydroxyl groups is 1. The molecule has 5 heterocycles. The largest absolute Gasteiger partial charge is 0.472 e. The van der Waals surface area contributed by atoms with E-state index in [0.29, 0.717) is 0 Å². The smallest absolute Gasteiger partial charge is 0.455 e. The Hall–Kier alpha value is -4.17. The van der Waals surface area contributed by atoms with Gasteiger partial charge in [-0.2, -0.15) is 4.98 Å². The van der Waals surface area contributed by atoms with Crippen LogP contribution in [0.25, 0.3) is 11.2 Å². The van der Waals surface area contributed by atoms with Crippen LogP contribution in [0.5, 0.6) is 0 Å². The number of phosphoric acid groups is 2. The number of nitrogens with two attached hydrogens (primary N) is 2. The molecule has 2 saturated heterocycles. The number of nitrogens with one attached hydrogen (secondary N) is 1. The molecule has 9 atom stereocenters. The van der Waals surface area contributed by atoms with Gasteiger partial charge in [-0.15, -0.1) is 6.58 Å². The van der Waals surface area contributed by atoms with Crippen LogP contribution in [0.4, 0.5) is 11.6 Å². The minimum absolute atomic E-state index is 0.00699. The summed E-state index contributed by atoms with van der Waals surface area (Å²) in [4.78, 5) is 96.0. The van der Waals surface area contributed by atoms with Gasteiger partial charge in [0.05, 0.1) is 19.5 Å². The number of nitrogens with zero attached hydrogens (tertiary/aromatic N) is 6. The van der Waals surface area contributed by atoms with E-state index in [2.05, 4.69) is 36.4 Å². The molecule has 3 aromatic heterocycles. The number of imidazole rings is 1. The molecule has 3 unspecified atom stereocenters. The van der Waals surface area contributed by atoms with Gasteiger partial charge in [0, 0.05) is 25.5 Å².